The first kappa shape index (κ1) is 15.0. The van der Waals surface area contributed by atoms with Crippen molar-refractivity contribution in [2.75, 3.05) is 7.05 Å². The molecule has 104 valence electrons. The summed E-state index contributed by atoms with van der Waals surface area (Å²) in [4.78, 5) is 24.3. The lowest BCUT2D eigenvalue weighted by atomic mass is 9.83. The van der Waals surface area contributed by atoms with Gasteiger partial charge in [-0.05, 0) is 19.3 Å². The molecule has 0 heterocycles. The predicted octanol–water partition coefficient (Wildman–Crippen LogP) is 2.52. The van der Waals surface area contributed by atoms with Gasteiger partial charge in [-0.15, -0.1) is 0 Å². The number of amides is 1. The van der Waals surface area contributed by atoms with Gasteiger partial charge >= 0.3 is 5.97 Å². The van der Waals surface area contributed by atoms with Crippen molar-refractivity contribution in [1.82, 2.24) is 4.90 Å². The molecule has 4 heteroatoms. The highest BCUT2D eigenvalue weighted by Crippen LogP contribution is 2.29. The maximum Gasteiger partial charge on any atom is 0.326 e. The second kappa shape index (κ2) is 6.76. The summed E-state index contributed by atoms with van der Waals surface area (Å²) in [7, 11) is 1.58. The van der Waals surface area contributed by atoms with Gasteiger partial charge in [-0.25, -0.2) is 4.79 Å². The standard InChI is InChI=1S/C14H25NO3/c1-10(9-12-7-5-4-6-8-12)13(16)15(3)11(2)14(17)18/h10-12H,4-9H2,1-3H3,(H,17,18). The molecule has 0 saturated heterocycles. The Labute approximate surface area is 109 Å². The largest absolute Gasteiger partial charge is 0.480 e. The summed E-state index contributed by atoms with van der Waals surface area (Å²) in [5.74, 6) is -0.419. The number of rotatable bonds is 5. The maximum atomic E-state index is 12.1. The Morgan fingerprint density at radius 1 is 1.22 bits per heavy atom. The van der Waals surface area contributed by atoms with Crippen LogP contribution in [0.5, 0.6) is 0 Å². The number of carbonyl (C=O) groups excluding carboxylic acids is 1. The highest BCUT2D eigenvalue weighted by Gasteiger charge is 2.27. The van der Waals surface area contributed by atoms with Crippen molar-refractivity contribution >= 4 is 11.9 Å². The molecule has 1 amide bonds. The highest BCUT2D eigenvalue weighted by molar-refractivity contribution is 5.84. The smallest absolute Gasteiger partial charge is 0.326 e. The fraction of sp³-hybridized carbons (Fsp3) is 0.857. The van der Waals surface area contributed by atoms with Crippen LogP contribution in [0.1, 0.15) is 52.4 Å². The average molecular weight is 255 g/mol. The third-order valence-electron chi connectivity index (χ3n) is 4.12. The van der Waals surface area contributed by atoms with Gasteiger partial charge in [-0.3, -0.25) is 4.79 Å². The lowest BCUT2D eigenvalue weighted by molar-refractivity contribution is -0.149. The number of carbonyl (C=O) groups is 2. The summed E-state index contributed by atoms with van der Waals surface area (Å²) >= 11 is 0. The van der Waals surface area contributed by atoms with Crippen LogP contribution >= 0.6 is 0 Å². The molecule has 1 aliphatic rings. The zero-order valence-corrected chi connectivity index (χ0v) is 11.7. The molecular weight excluding hydrogens is 230 g/mol. The van der Waals surface area contributed by atoms with Crippen molar-refractivity contribution in [2.24, 2.45) is 11.8 Å². The molecular formula is C14H25NO3. The molecule has 4 nitrogen and oxygen atoms in total. The minimum atomic E-state index is -0.948. The average Bonchev–Trinajstić information content (AvgIpc) is 2.37. The third kappa shape index (κ3) is 4.00. The SMILES string of the molecule is CC(CC1CCCCC1)C(=O)N(C)C(C)C(=O)O. The van der Waals surface area contributed by atoms with Gasteiger partial charge in [-0.1, -0.05) is 39.0 Å². The fourth-order valence-corrected chi connectivity index (χ4v) is 2.73. The van der Waals surface area contributed by atoms with Crippen LogP contribution in [0.15, 0.2) is 0 Å². The quantitative estimate of drug-likeness (QED) is 0.821. The zero-order chi connectivity index (χ0) is 13.7. The van der Waals surface area contributed by atoms with E-state index in [-0.39, 0.29) is 11.8 Å². The Balaban J connectivity index is 2.46. The van der Waals surface area contributed by atoms with Crippen LogP contribution in [0.4, 0.5) is 0 Å². The monoisotopic (exact) mass is 255 g/mol. The number of nitrogens with zero attached hydrogens (tertiary/aromatic N) is 1. The first-order valence-corrected chi connectivity index (χ1v) is 6.93. The molecule has 1 aliphatic carbocycles. The molecule has 0 spiro atoms. The van der Waals surface area contributed by atoms with Gasteiger partial charge in [-0.2, -0.15) is 0 Å². The van der Waals surface area contributed by atoms with E-state index in [0.717, 1.165) is 6.42 Å². The van der Waals surface area contributed by atoms with Crippen molar-refractivity contribution in [3.63, 3.8) is 0 Å². The summed E-state index contributed by atoms with van der Waals surface area (Å²) < 4.78 is 0. The summed E-state index contributed by atoms with van der Waals surface area (Å²) in [6, 6.07) is -0.744. The predicted molar refractivity (Wildman–Crippen MR) is 70.2 cm³/mol. The van der Waals surface area contributed by atoms with E-state index in [1.54, 1.807) is 14.0 Å². The molecule has 18 heavy (non-hydrogen) atoms. The molecule has 0 bridgehead atoms. The lowest BCUT2D eigenvalue weighted by Crippen LogP contribution is -2.43. The molecule has 2 unspecified atom stereocenters. The normalized spacial score (nSPS) is 20.2. The minimum Gasteiger partial charge on any atom is -0.480 e. The van der Waals surface area contributed by atoms with E-state index in [0.29, 0.717) is 5.92 Å². The number of carboxylic acids is 1. The first-order chi connectivity index (χ1) is 8.43. The molecule has 2 atom stereocenters. The Bertz CT molecular complexity index is 297. The van der Waals surface area contributed by atoms with Crippen molar-refractivity contribution in [3.05, 3.63) is 0 Å². The van der Waals surface area contributed by atoms with E-state index in [1.165, 1.54) is 37.0 Å². The number of likely N-dealkylation sites (N-methyl/N-ethyl adjacent to an activating group) is 1. The van der Waals surface area contributed by atoms with Crippen LogP contribution in [-0.4, -0.2) is 35.0 Å². The zero-order valence-electron chi connectivity index (χ0n) is 11.7. The van der Waals surface area contributed by atoms with E-state index in [9.17, 15) is 9.59 Å². The first-order valence-electron chi connectivity index (χ1n) is 6.93. The molecule has 1 N–H and O–H groups in total. The van der Waals surface area contributed by atoms with Crippen LogP contribution in [0, 0.1) is 11.8 Å². The van der Waals surface area contributed by atoms with Gasteiger partial charge in [0.05, 0.1) is 0 Å². The van der Waals surface area contributed by atoms with E-state index in [1.807, 2.05) is 6.92 Å². The topological polar surface area (TPSA) is 57.6 Å². The highest BCUT2D eigenvalue weighted by atomic mass is 16.4. The molecule has 0 aromatic heterocycles. The summed E-state index contributed by atoms with van der Waals surface area (Å²) in [6.07, 6.45) is 7.19. The van der Waals surface area contributed by atoms with Crippen molar-refractivity contribution in [1.29, 1.82) is 0 Å². The van der Waals surface area contributed by atoms with Crippen molar-refractivity contribution < 1.29 is 14.7 Å². The number of hydrogen-bond acceptors (Lipinski definition) is 2. The van der Waals surface area contributed by atoms with Gasteiger partial charge in [0.2, 0.25) is 5.91 Å². The summed E-state index contributed by atoms with van der Waals surface area (Å²) in [6.45, 7) is 3.47. The Hall–Kier alpha value is -1.06. The van der Waals surface area contributed by atoms with E-state index < -0.39 is 12.0 Å². The maximum absolute atomic E-state index is 12.1. The van der Waals surface area contributed by atoms with Gasteiger partial charge in [0.15, 0.2) is 0 Å². The van der Waals surface area contributed by atoms with Gasteiger partial charge in [0, 0.05) is 13.0 Å². The summed E-state index contributed by atoms with van der Waals surface area (Å²) in [5, 5.41) is 8.91. The van der Waals surface area contributed by atoms with Crippen LogP contribution in [0.2, 0.25) is 0 Å². The van der Waals surface area contributed by atoms with Crippen LogP contribution in [0.25, 0.3) is 0 Å². The summed E-state index contributed by atoms with van der Waals surface area (Å²) in [5.41, 5.74) is 0. The van der Waals surface area contributed by atoms with Crippen molar-refractivity contribution in [3.8, 4) is 0 Å². The van der Waals surface area contributed by atoms with Gasteiger partial charge in [0.1, 0.15) is 6.04 Å². The van der Waals surface area contributed by atoms with E-state index in [2.05, 4.69) is 0 Å². The molecule has 1 fully saturated rings. The van der Waals surface area contributed by atoms with Crippen LogP contribution in [0.3, 0.4) is 0 Å². The Morgan fingerprint density at radius 2 is 1.78 bits per heavy atom. The molecule has 0 radical (unpaired) electrons. The van der Waals surface area contributed by atoms with Crippen LogP contribution in [-0.2, 0) is 9.59 Å². The fourth-order valence-electron chi connectivity index (χ4n) is 2.73. The number of hydrogen-bond donors (Lipinski definition) is 1. The van der Waals surface area contributed by atoms with Crippen LogP contribution < -0.4 is 0 Å². The molecule has 1 rings (SSSR count). The minimum absolute atomic E-state index is 0.0459. The lowest BCUT2D eigenvalue weighted by Gasteiger charge is -2.28. The van der Waals surface area contributed by atoms with Gasteiger partial charge in [0.25, 0.3) is 0 Å². The second-order valence-electron chi connectivity index (χ2n) is 5.60. The third-order valence-corrected chi connectivity index (χ3v) is 4.12. The Kier molecular flexibility index (Phi) is 5.63. The van der Waals surface area contributed by atoms with E-state index in [4.69, 9.17) is 5.11 Å². The molecule has 1 saturated carbocycles. The second-order valence-corrected chi connectivity index (χ2v) is 5.60. The van der Waals surface area contributed by atoms with Crippen molar-refractivity contribution in [2.45, 2.75) is 58.4 Å². The molecule has 0 aromatic carbocycles. The Morgan fingerprint density at radius 3 is 2.28 bits per heavy atom. The molecule has 0 aliphatic heterocycles. The molecule has 0 aromatic rings. The van der Waals surface area contributed by atoms with E-state index >= 15 is 0 Å². The number of carboxylic acid groups (broad SMARTS) is 1. The number of aliphatic carboxylic acids is 1. The van der Waals surface area contributed by atoms with Gasteiger partial charge < -0.3 is 10.0 Å².